The maximum Gasteiger partial charge on any atom is 0.148 e. The van der Waals surface area contributed by atoms with Crippen molar-refractivity contribution < 1.29 is 8.78 Å². The van der Waals surface area contributed by atoms with Crippen LogP contribution in [-0.2, 0) is 0 Å². The van der Waals surface area contributed by atoms with Gasteiger partial charge in [-0.15, -0.1) is 0 Å². The van der Waals surface area contributed by atoms with E-state index in [9.17, 15) is 8.78 Å². The maximum atomic E-state index is 14.1. The summed E-state index contributed by atoms with van der Waals surface area (Å²) >= 11 is 0. The van der Waals surface area contributed by atoms with Crippen molar-refractivity contribution in [2.75, 3.05) is 18.0 Å². The molecule has 0 bridgehead atoms. The number of halogens is 2. The fourth-order valence-electron chi connectivity index (χ4n) is 2.52. The molecular weight excluding hydrogens is 270 g/mol. The van der Waals surface area contributed by atoms with Crippen LogP contribution in [0.2, 0.25) is 0 Å². The molecule has 4 heteroatoms. The molecule has 0 amide bonds. The number of para-hydroxylation sites is 1. The number of benzene rings is 2. The molecule has 0 N–H and O–H groups in total. The minimum atomic E-state index is -0.386. The fourth-order valence-corrected chi connectivity index (χ4v) is 2.52. The topological polar surface area (TPSA) is 15.6 Å². The number of hydrogen-bond donors (Lipinski definition) is 0. The predicted octanol–water partition coefficient (Wildman–Crippen LogP) is 4.32. The lowest BCUT2D eigenvalue weighted by atomic mass is 10.2. The zero-order valence-corrected chi connectivity index (χ0v) is 11.6. The average Bonchev–Trinajstić information content (AvgIpc) is 3.00. The molecule has 108 valence electrons. The van der Waals surface area contributed by atoms with Crippen molar-refractivity contribution in [2.45, 2.75) is 12.8 Å². The van der Waals surface area contributed by atoms with Crippen molar-refractivity contribution in [1.82, 2.24) is 0 Å². The van der Waals surface area contributed by atoms with E-state index >= 15 is 0 Å². The zero-order chi connectivity index (χ0) is 14.7. The molecule has 21 heavy (non-hydrogen) atoms. The molecule has 0 unspecified atom stereocenters. The minimum absolute atomic E-state index is 0.251. The first-order valence-corrected chi connectivity index (χ1v) is 7.07. The molecule has 1 saturated heterocycles. The van der Waals surface area contributed by atoms with Crippen molar-refractivity contribution in [3.8, 4) is 0 Å². The Balaban J connectivity index is 1.80. The Bertz CT molecular complexity index is 662. The van der Waals surface area contributed by atoms with Crippen LogP contribution < -0.4 is 4.90 Å². The molecule has 2 aromatic carbocycles. The van der Waals surface area contributed by atoms with E-state index in [1.54, 1.807) is 30.3 Å². The van der Waals surface area contributed by atoms with Gasteiger partial charge in [0.1, 0.15) is 11.6 Å². The highest BCUT2D eigenvalue weighted by molar-refractivity contribution is 5.82. The van der Waals surface area contributed by atoms with Gasteiger partial charge in [-0.1, -0.05) is 18.2 Å². The molecule has 3 rings (SSSR count). The van der Waals surface area contributed by atoms with Crippen LogP contribution in [0.5, 0.6) is 0 Å². The van der Waals surface area contributed by atoms with Gasteiger partial charge in [0, 0.05) is 19.3 Å². The number of rotatable bonds is 3. The molecule has 2 aromatic rings. The van der Waals surface area contributed by atoms with E-state index in [4.69, 9.17) is 0 Å². The highest BCUT2D eigenvalue weighted by Crippen LogP contribution is 2.24. The Morgan fingerprint density at radius 3 is 2.43 bits per heavy atom. The second kappa shape index (κ2) is 6.04. The first kappa shape index (κ1) is 13.7. The van der Waals surface area contributed by atoms with Crippen molar-refractivity contribution in [1.29, 1.82) is 0 Å². The van der Waals surface area contributed by atoms with Crippen molar-refractivity contribution >= 4 is 17.6 Å². The molecule has 0 aliphatic carbocycles. The van der Waals surface area contributed by atoms with Crippen molar-refractivity contribution in [3.63, 3.8) is 0 Å². The summed E-state index contributed by atoms with van der Waals surface area (Å²) in [5.41, 5.74) is 1.51. The summed E-state index contributed by atoms with van der Waals surface area (Å²) in [5.74, 6) is -0.641. The van der Waals surface area contributed by atoms with Crippen LogP contribution in [0, 0.1) is 11.6 Å². The Morgan fingerprint density at radius 2 is 1.71 bits per heavy atom. The summed E-state index contributed by atoms with van der Waals surface area (Å²) in [6, 6.07) is 11.3. The van der Waals surface area contributed by atoms with Crippen LogP contribution in [0.1, 0.15) is 18.4 Å². The molecular formula is C17H16F2N2. The normalized spacial score (nSPS) is 15.0. The third kappa shape index (κ3) is 3.10. The van der Waals surface area contributed by atoms with Gasteiger partial charge in [-0.2, -0.15) is 0 Å². The molecule has 1 aliphatic heterocycles. The lowest BCUT2D eigenvalue weighted by molar-refractivity contribution is 0.623. The quantitative estimate of drug-likeness (QED) is 0.767. The lowest BCUT2D eigenvalue weighted by Crippen LogP contribution is -2.18. The van der Waals surface area contributed by atoms with E-state index in [0.29, 0.717) is 11.3 Å². The molecule has 0 aromatic heterocycles. The fraction of sp³-hybridized carbons (Fsp3) is 0.235. The van der Waals surface area contributed by atoms with E-state index < -0.39 is 0 Å². The molecule has 1 heterocycles. The van der Waals surface area contributed by atoms with Gasteiger partial charge in [0.05, 0.1) is 11.4 Å². The first-order valence-electron chi connectivity index (χ1n) is 7.07. The van der Waals surface area contributed by atoms with Gasteiger partial charge in [-0.25, -0.2) is 8.78 Å². The maximum absolute atomic E-state index is 14.1. The number of hydrogen-bond acceptors (Lipinski definition) is 2. The van der Waals surface area contributed by atoms with E-state index in [1.807, 2.05) is 4.90 Å². The highest BCUT2D eigenvalue weighted by Gasteiger charge is 2.15. The molecule has 2 nitrogen and oxygen atoms in total. The van der Waals surface area contributed by atoms with E-state index in [1.165, 1.54) is 18.3 Å². The monoisotopic (exact) mass is 286 g/mol. The zero-order valence-electron chi connectivity index (χ0n) is 11.6. The SMILES string of the molecule is Fc1ccccc1N=Cc1ccc(N2CCCC2)c(F)c1. The minimum Gasteiger partial charge on any atom is -0.369 e. The molecule has 1 fully saturated rings. The van der Waals surface area contributed by atoms with Crippen LogP contribution in [0.25, 0.3) is 0 Å². The predicted molar refractivity (Wildman–Crippen MR) is 81.5 cm³/mol. The smallest absolute Gasteiger partial charge is 0.148 e. The van der Waals surface area contributed by atoms with Crippen LogP contribution in [0.3, 0.4) is 0 Å². The summed E-state index contributed by atoms with van der Waals surface area (Å²) in [7, 11) is 0. The van der Waals surface area contributed by atoms with Gasteiger partial charge in [-0.05, 0) is 42.7 Å². The van der Waals surface area contributed by atoms with Gasteiger partial charge in [-0.3, -0.25) is 4.99 Å². The highest BCUT2D eigenvalue weighted by atomic mass is 19.1. The summed E-state index contributed by atoms with van der Waals surface area (Å²) in [4.78, 5) is 6.11. The Morgan fingerprint density at radius 1 is 0.952 bits per heavy atom. The molecule has 0 spiro atoms. The summed E-state index contributed by atoms with van der Waals surface area (Å²) in [6.45, 7) is 1.80. The average molecular weight is 286 g/mol. The largest absolute Gasteiger partial charge is 0.369 e. The number of anilines is 1. The van der Waals surface area contributed by atoms with E-state index in [0.717, 1.165) is 25.9 Å². The first-order chi connectivity index (χ1) is 10.2. The van der Waals surface area contributed by atoms with Crippen molar-refractivity contribution in [2.24, 2.45) is 4.99 Å². The van der Waals surface area contributed by atoms with E-state index in [-0.39, 0.29) is 17.3 Å². The van der Waals surface area contributed by atoms with Crippen LogP contribution in [0.15, 0.2) is 47.5 Å². The second-order valence-electron chi connectivity index (χ2n) is 5.11. The Labute approximate surface area is 122 Å². The van der Waals surface area contributed by atoms with Gasteiger partial charge < -0.3 is 4.90 Å². The Kier molecular flexibility index (Phi) is 3.95. The van der Waals surface area contributed by atoms with Gasteiger partial charge in [0.15, 0.2) is 0 Å². The third-order valence-electron chi connectivity index (χ3n) is 3.62. The van der Waals surface area contributed by atoms with Crippen LogP contribution >= 0.6 is 0 Å². The summed E-state index contributed by atoms with van der Waals surface area (Å²) in [6.07, 6.45) is 3.70. The molecule has 0 atom stereocenters. The van der Waals surface area contributed by atoms with Crippen molar-refractivity contribution in [3.05, 3.63) is 59.7 Å². The molecule has 1 aliphatic rings. The molecule has 0 saturated carbocycles. The lowest BCUT2D eigenvalue weighted by Gasteiger charge is -2.18. The van der Waals surface area contributed by atoms with Crippen LogP contribution in [0.4, 0.5) is 20.2 Å². The second-order valence-corrected chi connectivity index (χ2v) is 5.11. The van der Waals surface area contributed by atoms with Gasteiger partial charge in [0.2, 0.25) is 0 Å². The van der Waals surface area contributed by atoms with Gasteiger partial charge in [0.25, 0.3) is 0 Å². The molecule has 0 radical (unpaired) electrons. The summed E-state index contributed by atoms with van der Waals surface area (Å²) in [5, 5.41) is 0. The summed E-state index contributed by atoms with van der Waals surface area (Å²) < 4.78 is 27.6. The third-order valence-corrected chi connectivity index (χ3v) is 3.62. The number of aliphatic imine (C=N–C) groups is 1. The number of nitrogens with zero attached hydrogens (tertiary/aromatic N) is 2. The van der Waals surface area contributed by atoms with Crippen LogP contribution in [-0.4, -0.2) is 19.3 Å². The standard InChI is InChI=1S/C17H16F2N2/c18-14-5-1-2-6-16(14)20-12-13-7-8-17(15(19)11-13)21-9-3-4-10-21/h1-2,5-8,11-12H,3-4,9-10H2. The Hall–Kier alpha value is -2.23. The van der Waals surface area contributed by atoms with Gasteiger partial charge >= 0.3 is 0 Å². The van der Waals surface area contributed by atoms with E-state index in [2.05, 4.69) is 4.99 Å².